The van der Waals surface area contributed by atoms with Gasteiger partial charge in [0.25, 0.3) is 0 Å². The van der Waals surface area contributed by atoms with Crippen LogP contribution in [0.5, 0.6) is 5.75 Å². The Morgan fingerprint density at radius 2 is 1.70 bits per heavy atom. The fourth-order valence-electron chi connectivity index (χ4n) is 3.03. The van der Waals surface area contributed by atoms with Gasteiger partial charge in [-0.05, 0) is 49.5 Å². The molecule has 0 radical (unpaired) electrons. The van der Waals surface area contributed by atoms with Crippen molar-refractivity contribution in [2.45, 2.75) is 27.0 Å². The molecule has 1 aromatic heterocycles. The van der Waals surface area contributed by atoms with Crippen molar-refractivity contribution in [2.24, 2.45) is 0 Å². The molecule has 27 heavy (non-hydrogen) atoms. The molecule has 1 heterocycles. The van der Waals surface area contributed by atoms with E-state index in [1.807, 2.05) is 18.2 Å². The Morgan fingerprint density at radius 3 is 2.41 bits per heavy atom. The molecule has 0 N–H and O–H groups in total. The number of benzene rings is 2. The van der Waals surface area contributed by atoms with Crippen LogP contribution >= 0.6 is 34.8 Å². The number of halogens is 3. The molecule has 0 aliphatic heterocycles. The first kappa shape index (κ1) is 20.3. The van der Waals surface area contributed by atoms with Gasteiger partial charge in [0, 0.05) is 23.1 Å². The summed E-state index contributed by atoms with van der Waals surface area (Å²) in [6.07, 6.45) is 0. The van der Waals surface area contributed by atoms with Crippen molar-refractivity contribution in [2.75, 3.05) is 19.6 Å². The van der Waals surface area contributed by atoms with Gasteiger partial charge in [0.15, 0.2) is 0 Å². The largest absolute Gasteiger partial charge is 0.484 e. The monoisotopic (exact) mass is 425 g/mol. The number of aromatic nitrogens is 2. The van der Waals surface area contributed by atoms with Crippen LogP contribution in [0.15, 0.2) is 36.4 Å². The molecular formula is C20H22Cl3N3O. The molecule has 0 amide bonds. The highest BCUT2D eigenvalue weighted by atomic mass is 35.5. The van der Waals surface area contributed by atoms with Gasteiger partial charge in [-0.25, -0.2) is 4.98 Å². The number of imidazole rings is 1. The summed E-state index contributed by atoms with van der Waals surface area (Å²) in [5, 5.41) is 1.73. The van der Waals surface area contributed by atoms with E-state index in [0.29, 0.717) is 27.4 Å². The maximum Gasteiger partial charge on any atom is 0.148 e. The average Bonchev–Trinajstić information content (AvgIpc) is 2.98. The highest BCUT2D eigenvalue weighted by molar-refractivity contribution is 6.35. The van der Waals surface area contributed by atoms with Crippen LogP contribution in [0.3, 0.4) is 0 Å². The van der Waals surface area contributed by atoms with Crippen LogP contribution in [0.1, 0.15) is 19.7 Å². The van der Waals surface area contributed by atoms with Crippen LogP contribution in [0.2, 0.25) is 15.1 Å². The number of hydrogen-bond acceptors (Lipinski definition) is 3. The van der Waals surface area contributed by atoms with Crippen LogP contribution < -0.4 is 4.74 Å². The fourth-order valence-corrected chi connectivity index (χ4v) is 3.66. The number of rotatable bonds is 8. The molecule has 3 rings (SSSR count). The first-order valence-corrected chi connectivity index (χ1v) is 10.1. The van der Waals surface area contributed by atoms with E-state index in [0.717, 1.165) is 43.0 Å². The Labute approximate surface area is 174 Å². The fraction of sp³-hybridized carbons (Fsp3) is 0.350. The average molecular weight is 427 g/mol. The van der Waals surface area contributed by atoms with Crippen LogP contribution in [-0.4, -0.2) is 34.1 Å². The lowest BCUT2D eigenvalue weighted by Crippen LogP contribution is -2.27. The summed E-state index contributed by atoms with van der Waals surface area (Å²) < 4.78 is 8.11. The topological polar surface area (TPSA) is 30.3 Å². The summed E-state index contributed by atoms with van der Waals surface area (Å²) in [5.74, 6) is 1.42. The van der Waals surface area contributed by atoms with Crippen LogP contribution in [-0.2, 0) is 13.2 Å². The second kappa shape index (κ2) is 9.16. The van der Waals surface area contributed by atoms with Crippen LogP contribution in [0.4, 0.5) is 0 Å². The Hall–Kier alpha value is -1.46. The van der Waals surface area contributed by atoms with E-state index in [1.54, 1.807) is 18.2 Å². The van der Waals surface area contributed by atoms with Crippen molar-refractivity contribution >= 4 is 45.8 Å². The van der Waals surface area contributed by atoms with Crippen molar-refractivity contribution in [3.8, 4) is 5.75 Å². The van der Waals surface area contributed by atoms with Gasteiger partial charge in [0.2, 0.25) is 0 Å². The number of nitrogens with zero attached hydrogens (tertiary/aromatic N) is 3. The Bertz CT molecular complexity index is 922. The number of ether oxygens (including phenoxy) is 1. The Morgan fingerprint density at radius 1 is 1.00 bits per heavy atom. The first-order valence-electron chi connectivity index (χ1n) is 8.96. The lowest BCUT2D eigenvalue weighted by molar-refractivity contribution is 0.271. The maximum absolute atomic E-state index is 6.21. The minimum atomic E-state index is 0.311. The quantitative estimate of drug-likeness (QED) is 0.448. The Balaban J connectivity index is 1.87. The number of likely N-dealkylation sites (N-methyl/N-ethyl adjacent to an activating group) is 1. The zero-order valence-electron chi connectivity index (χ0n) is 15.4. The van der Waals surface area contributed by atoms with E-state index >= 15 is 0 Å². The van der Waals surface area contributed by atoms with Crippen molar-refractivity contribution in [3.05, 3.63) is 57.3 Å². The standard InChI is InChI=1S/C20H22Cl3N3O/c1-3-25(4-2)9-10-26-18-7-5-15(22)12-17(18)24-20(26)13-27-19-8-6-14(21)11-16(19)23/h5-8,11-12H,3-4,9-10,13H2,1-2H3. The molecule has 0 atom stereocenters. The minimum Gasteiger partial charge on any atom is -0.484 e. The van der Waals surface area contributed by atoms with Gasteiger partial charge in [-0.1, -0.05) is 48.7 Å². The van der Waals surface area contributed by atoms with Gasteiger partial charge in [-0.2, -0.15) is 0 Å². The van der Waals surface area contributed by atoms with Gasteiger partial charge in [0.05, 0.1) is 16.1 Å². The van der Waals surface area contributed by atoms with Crippen molar-refractivity contribution in [1.29, 1.82) is 0 Å². The lowest BCUT2D eigenvalue weighted by atomic mass is 10.3. The van der Waals surface area contributed by atoms with E-state index < -0.39 is 0 Å². The van der Waals surface area contributed by atoms with Gasteiger partial charge in [-0.3, -0.25) is 0 Å². The Kier molecular flexibility index (Phi) is 6.88. The summed E-state index contributed by atoms with van der Waals surface area (Å²) >= 11 is 18.3. The molecule has 0 saturated heterocycles. The van der Waals surface area contributed by atoms with Crippen molar-refractivity contribution < 1.29 is 4.74 Å². The highest BCUT2D eigenvalue weighted by Gasteiger charge is 2.14. The molecule has 0 spiro atoms. The molecular weight excluding hydrogens is 405 g/mol. The summed E-state index contributed by atoms with van der Waals surface area (Å²) in [6, 6.07) is 11.0. The molecule has 0 unspecified atom stereocenters. The molecule has 7 heteroatoms. The second-order valence-corrected chi connectivity index (χ2v) is 7.48. The smallest absolute Gasteiger partial charge is 0.148 e. The van der Waals surface area contributed by atoms with Gasteiger partial charge >= 0.3 is 0 Å². The van der Waals surface area contributed by atoms with Gasteiger partial charge in [-0.15, -0.1) is 0 Å². The van der Waals surface area contributed by atoms with E-state index in [-0.39, 0.29) is 0 Å². The zero-order chi connectivity index (χ0) is 19.4. The molecule has 0 aliphatic rings. The number of fused-ring (bicyclic) bond motifs is 1. The third-order valence-corrected chi connectivity index (χ3v) is 5.34. The number of hydrogen-bond donors (Lipinski definition) is 0. The minimum absolute atomic E-state index is 0.311. The zero-order valence-corrected chi connectivity index (χ0v) is 17.7. The lowest BCUT2D eigenvalue weighted by Gasteiger charge is -2.19. The predicted molar refractivity (Wildman–Crippen MR) is 113 cm³/mol. The highest BCUT2D eigenvalue weighted by Crippen LogP contribution is 2.29. The normalized spacial score (nSPS) is 11.5. The third kappa shape index (κ3) is 4.88. The molecule has 2 aromatic carbocycles. The second-order valence-electron chi connectivity index (χ2n) is 6.20. The summed E-state index contributed by atoms with van der Waals surface area (Å²) in [6.45, 7) is 8.45. The third-order valence-electron chi connectivity index (χ3n) is 4.57. The van der Waals surface area contributed by atoms with E-state index in [2.05, 4.69) is 23.3 Å². The van der Waals surface area contributed by atoms with E-state index in [4.69, 9.17) is 44.5 Å². The van der Waals surface area contributed by atoms with Crippen molar-refractivity contribution in [3.63, 3.8) is 0 Å². The molecule has 0 fully saturated rings. The molecule has 3 aromatic rings. The molecule has 0 aliphatic carbocycles. The molecule has 144 valence electrons. The van der Waals surface area contributed by atoms with Gasteiger partial charge in [0.1, 0.15) is 18.2 Å². The summed E-state index contributed by atoms with van der Waals surface area (Å²) in [4.78, 5) is 7.11. The predicted octanol–water partition coefficient (Wildman–Crippen LogP) is 5.92. The molecule has 0 saturated carbocycles. The summed E-state index contributed by atoms with van der Waals surface area (Å²) in [7, 11) is 0. The van der Waals surface area contributed by atoms with Crippen LogP contribution in [0.25, 0.3) is 11.0 Å². The van der Waals surface area contributed by atoms with Crippen LogP contribution in [0, 0.1) is 0 Å². The van der Waals surface area contributed by atoms with E-state index in [1.165, 1.54) is 0 Å². The summed E-state index contributed by atoms with van der Waals surface area (Å²) in [5.41, 5.74) is 1.91. The molecule has 4 nitrogen and oxygen atoms in total. The first-order chi connectivity index (χ1) is 13.0. The van der Waals surface area contributed by atoms with Crippen molar-refractivity contribution in [1.82, 2.24) is 14.5 Å². The molecule has 0 bridgehead atoms. The SMILES string of the molecule is CCN(CC)CCn1c(COc2ccc(Cl)cc2Cl)nc2cc(Cl)ccc21. The van der Waals surface area contributed by atoms with E-state index in [9.17, 15) is 0 Å². The maximum atomic E-state index is 6.21. The van der Waals surface area contributed by atoms with Gasteiger partial charge < -0.3 is 14.2 Å².